The second kappa shape index (κ2) is 5.32. The molecule has 6 nitrogen and oxygen atoms in total. The number of hydrogen-bond acceptors (Lipinski definition) is 4. The fourth-order valence-electron chi connectivity index (χ4n) is 2.28. The summed E-state index contributed by atoms with van der Waals surface area (Å²) in [4.78, 5) is 0. The molecule has 3 N–H and O–H groups in total. The van der Waals surface area contributed by atoms with Gasteiger partial charge in [0.2, 0.25) is 0 Å². The van der Waals surface area contributed by atoms with Crippen molar-refractivity contribution in [3.8, 4) is 5.95 Å². The van der Waals surface area contributed by atoms with E-state index >= 15 is 0 Å². The molecular formula is C14H19NO5S. The molecule has 1 aromatic heterocycles. The minimum Gasteiger partial charge on any atom is -0.481 e. The molecule has 21 heavy (non-hydrogen) atoms. The Kier molecular flexibility index (Phi) is 4.01. The van der Waals surface area contributed by atoms with Crippen LogP contribution in [-0.2, 0) is 10.3 Å². The van der Waals surface area contributed by atoms with Crippen molar-refractivity contribution in [1.29, 1.82) is 0 Å². The summed E-state index contributed by atoms with van der Waals surface area (Å²) in [6, 6.07) is 5.99. The van der Waals surface area contributed by atoms with Crippen LogP contribution in [0.1, 0.15) is 38.8 Å². The summed E-state index contributed by atoms with van der Waals surface area (Å²) in [7, 11) is -4.31. The number of fused-ring (bicyclic) bond motifs is 1. The molecule has 2 rings (SSSR count). The third-order valence-corrected chi connectivity index (χ3v) is 3.62. The van der Waals surface area contributed by atoms with Gasteiger partial charge in [-0.15, -0.1) is 0 Å². The highest BCUT2D eigenvalue weighted by atomic mass is 32.2. The molecule has 1 heterocycles. The van der Waals surface area contributed by atoms with Crippen LogP contribution >= 0.6 is 0 Å². The van der Waals surface area contributed by atoms with Gasteiger partial charge in [-0.25, -0.2) is 0 Å². The average molecular weight is 313 g/mol. The maximum Gasteiger partial charge on any atom is 0.333 e. The first kappa shape index (κ1) is 15.8. The van der Waals surface area contributed by atoms with Gasteiger partial charge in [-0.05, 0) is 29.5 Å². The quantitative estimate of drug-likeness (QED) is 0.753. The van der Waals surface area contributed by atoms with Crippen molar-refractivity contribution >= 4 is 21.3 Å². The molecule has 116 valence electrons. The van der Waals surface area contributed by atoms with Crippen molar-refractivity contribution in [3.05, 3.63) is 29.8 Å². The Morgan fingerprint density at radius 2 is 1.95 bits per heavy atom. The zero-order valence-corrected chi connectivity index (χ0v) is 12.9. The zero-order valence-electron chi connectivity index (χ0n) is 12.1. The molecule has 0 saturated heterocycles. The molecule has 0 aliphatic heterocycles. The van der Waals surface area contributed by atoms with Crippen LogP contribution in [0.5, 0.6) is 5.95 Å². The summed E-state index contributed by atoms with van der Waals surface area (Å²) in [5, 5.41) is 10.0. The van der Waals surface area contributed by atoms with Gasteiger partial charge in [-0.1, -0.05) is 26.8 Å². The highest BCUT2D eigenvalue weighted by molar-refractivity contribution is 7.83. The Bertz CT molecular complexity index is 742. The van der Waals surface area contributed by atoms with Gasteiger partial charge in [0, 0.05) is 17.5 Å². The predicted molar refractivity (Wildman–Crippen MR) is 79.4 cm³/mol. The summed E-state index contributed by atoms with van der Waals surface area (Å²) in [6.45, 7) is 5.94. The predicted octanol–water partition coefficient (Wildman–Crippen LogP) is 3.01. The highest BCUT2D eigenvalue weighted by Gasteiger charge is 2.24. The standard InChI is InChI=1S/C14H19NO5S/c1-14(2,3)8-11(15-21(17,18)19)9-4-5-12-10(6-9)7-13(16)20-12/h4-7,11,15-16H,8H2,1-3H3,(H,17,18,19). The lowest BCUT2D eigenvalue weighted by Crippen LogP contribution is -2.30. The summed E-state index contributed by atoms with van der Waals surface area (Å²) >= 11 is 0. The van der Waals surface area contributed by atoms with Crippen LogP contribution in [0.4, 0.5) is 0 Å². The van der Waals surface area contributed by atoms with E-state index < -0.39 is 16.3 Å². The van der Waals surface area contributed by atoms with Crippen LogP contribution in [0.2, 0.25) is 0 Å². The van der Waals surface area contributed by atoms with Gasteiger partial charge in [-0.3, -0.25) is 4.55 Å². The Labute approximate surface area is 123 Å². The lowest BCUT2D eigenvalue weighted by Gasteiger charge is -2.26. The Morgan fingerprint density at radius 3 is 2.52 bits per heavy atom. The molecule has 0 aliphatic rings. The normalized spacial score (nSPS) is 14.5. The van der Waals surface area contributed by atoms with E-state index in [1.54, 1.807) is 18.2 Å². The Balaban J connectivity index is 2.41. The molecule has 1 unspecified atom stereocenters. The van der Waals surface area contributed by atoms with Crippen LogP contribution in [0.15, 0.2) is 28.7 Å². The second-order valence-electron chi connectivity index (χ2n) is 6.29. The molecule has 0 amide bonds. The van der Waals surface area contributed by atoms with E-state index in [0.29, 0.717) is 23.0 Å². The first-order valence-corrected chi connectivity index (χ1v) is 7.95. The first-order chi connectivity index (χ1) is 9.53. The molecule has 0 radical (unpaired) electrons. The lowest BCUT2D eigenvalue weighted by molar-refractivity contribution is 0.325. The van der Waals surface area contributed by atoms with Gasteiger partial charge in [0.15, 0.2) is 0 Å². The minimum absolute atomic E-state index is 0.143. The smallest absolute Gasteiger partial charge is 0.333 e. The summed E-state index contributed by atoms with van der Waals surface area (Å²) in [6.07, 6.45) is 0.502. The minimum atomic E-state index is -4.31. The van der Waals surface area contributed by atoms with Crippen molar-refractivity contribution in [2.45, 2.75) is 33.2 Å². The van der Waals surface area contributed by atoms with Gasteiger partial charge >= 0.3 is 10.3 Å². The maximum absolute atomic E-state index is 11.2. The Hall–Kier alpha value is -1.57. The van der Waals surface area contributed by atoms with Gasteiger partial charge < -0.3 is 9.52 Å². The molecule has 0 spiro atoms. The molecule has 0 fully saturated rings. The van der Waals surface area contributed by atoms with Gasteiger partial charge in [0.1, 0.15) is 5.58 Å². The van der Waals surface area contributed by atoms with E-state index in [2.05, 4.69) is 4.72 Å². The third kappa shape index (κ3) is 4.45. The van der Waals surface area contributed by atoms with Crippen LogP contribution in [0.25, 0.3) is 11.0 Å². The van der Waals surface area contributed by atoms with Crippen LogP contribution < -0.4 is 4.72 Å². The summed E-state index contributed by atoms with van der Waals surface area (Å²) in [5.41, 5.74) is 1.06. The second-order valence-corrected chi connectivity index (χ2v) is 7.48. The molecule has 7 heteroatoms. The molecule has 0 saturated carbocycles. The number of rotatable bonds is 4. The Morgan fingerprint density at radius 1 is 1.29 bits per heavy atom. The molecule has 0 aliphatic carbocycles. The summed E-state index contributed by atoms with van der Waals surface area (Å²) < 4.78 is 38.7. The molecule has 0 bridgehead atoms. The molecule has 1 aromatic carbocycles. The van der Waals surface area contributed by atoms with Crippen LogP contribution in [0.3, 0.4) is 0 Å². The van der Waals surface area contributed by atoms with E-state index in [4.69, 9.17) is 8.97 Å². The van der Waals surface area contributed by atoms with Gasteiger partial charge in [0.05, 0.1) is 0 Å². The largest absolute Gasteiger partial charge is 0.481 e. The zero-order chi connectivity index (χ0) is 15.8. The third-order valence-electron chi connectivity index (χ3n) is 3.04. The number of hydrogen-bond donors (Lipinski definition) is 3. The molecular weight excluding hydrogens is 294 g/mol. The molecule has 1 atom stereocenters. The van der Waals surface area contributed by atoms with Gasteiger partial charge in [0.25, 0.3) is 5.95 Å². The highest BCUT2D eigenvalue weighted by Crippen LogP contribution is 2.32. The fourth-order valence-corrected chi connectivity index (χ4v) is 2.86. The van der Waals surface area contributed by atoms with Crippen molar-refractivity contribution < 1.29 is 22.5 Å². The average Bonchev–Trinajstić information content (AvgIpc) is 2.63. The van der Waals surface area contributed by atoms with Crippen LogP contribution in [0, 0.1) is 5.41 Å². The van der Waals surface area contributed by atoms with Crippen molar-refractivity contribution in [2.75, 3.05) is 0 Å². The topological polar surface area (TPSA) is 99.8 Å². The first-order valence-electron chi connectivity index (χ1n) is 6.51. The number of benzene rings is 1. The van der Waals surface area contributed by atoms with Crippen LogP contribution in [-0.4, -0.2) is 18.1 Å². The number of nitrogens with one attached hydrogen (secondary N) is 1. The SMILES string of the molecule is CC(C)(C)CC(NS(=O)(=O)O)c1ccc2oc(O)cc2c1. The number of furan rings is 1. The van der Waals surface area contributed by atoms with Crippen molar-refractivity contribution in [3.63, 3.8) is 0 Å². The summed E-state index contributed by atoms with van der Waals surface area (Å²) in [5.74, 6) is -0.197. The van der Waals surface area contributed by atoms with E-state index in [1.807, 2.05) is 20.8 Å². The lowest BCUT2D eigenvalue weighted by atomic mass is 9.86. The van der Waals surface area contributed by atoms with Gasteiger partial charge in [-0.2, -0.15) is 13.1 Å². The fraction of sp³-hybridized carbons (Fsp3) is 0.429. The monoisotopic (exact) mass is 313 g/mol. The maximum atomic E-state index is 11.2. The molecule has 2 aromatic rings. The van der Waals surface area contributed by atoms with Crippen molar-refractivity contribution in [1.82, 2.24) is 4.72 Å². The van der Waals surface area contributed by atoms with E-state index in [9.17, 15) is 13.5 Å². The van der Waals surface area contributed by atoms with E-state index in [1.165, 1.54) is 6.07 Å². The van der Waals surface area contributed by atoms with E-state index in [0.717, 1.165) is 0 Å². The van der Waals surface area contributed by atoms with Crippen molar-refractivity contribution in [2.24, 2.45) is 5.41 Å². The van der Waals surface area contributed by atoms with E-state index in [-0.39, 0.29) is 11.4 Å². The number of aromatic hydroxyl groups is 1.